The lowest BCUT2D eigenvalue weighted by molar-refractivity contribution is 0.475. The van der Waals surface area contributed by atoms with Gasteiger partial charge in [-0.2, -0.15) is 8.42 Å². The Bertz CT molecular complexity index is 537. The Morgan fingerprint density at radius 3 is 2.00 bits per heavy atom. The van der Waals surface area contributed by atoms with E-state index in [0.29, 0.717) is 11.1 Å². The predicted octanol–water partition coefficient (Wildman–Crippen LogP) is 2.46. The minimum Gasteiger partial charge on any atom is -0.285 e. The highest BCUT2D eigenvalue weighted by atomic mass is 32.2. The molecule has 0 amide bonds. The van der Waals surface area contributed by atoms with Crippen LogP contribution in [0.5, 0.6) is 0 Å². The van der Waals surface area contributed by atoms with Gasteiger partial charge >= 0.3 is 0 Å². The molecule has 0 aliphatic heterocycles. The monoisotopic (exact) mass is 247 g/mol. The van der Waals surface area contributed by atoms with Gasteiger partial charge in [-0.15, -0.1) is 0 Å². The number of hydrogen-bond acceptors (Lipinski definition) is 2. The molecule has 1 radical (unpaired) electrons. The molecule has 0 bridgehead atoms. The van der Waals surface area contributed by atoms with E-state index in [4.69, 9.17) is 0 Å². The molecule has 0 saturated heterocycles. The van der Waals surface area contributed by atoms with Gasteiger partial charge in [0, 0.05) is 0 Å². The van der Waals surface area contributed by atoms with Gasteiger partial charge in [0.1, 0.15) is 5.25 Å². The molecule has 2 aromatic carbocycles. The Morgan fingerprint density at radius 1 is 0.941 bits per heavy atom. The van der Waals surface area contributed by atoms with E-state index in [0.717, 1.165) is 0 Å². The molecule has 1 atom stereocenters. The van der Waals surface area contributed by atoms with Gasteiger partial charge in [-0.1, -0.05) is 54.6 Å². The summed E-state index contributed by atoms with van der Waals surface area (Å²) in [6.07, 6.45) is 0. The summed E-state index contributed by atoms with van der Waals surface area (Å²) < 4.78 is 32.3. The molecule has 0 fully saturated rings. The highest BCUT2D eigenvalue weighted by Crippen LogP contribution is 2.28. The van der Waals surface area contributed by atoms with E-state index in [1.165, 1.54) is 0 Å². The maximum Gasteiger partial charge on any atom is 0.276 e. The second kappa shape index (κ2) is 4.69. The Labute approximate surface area is 100 Å². The molecule has 0 aromatic heterocycles. The van der Waals surface area contributed by atoms with Crippen molar-refractivity contribution in [1.29, 1.82) is 0 Å². The van der Waals surface area contributed by atoms with Crippen molar-refractivity contribution in [1.82, 2.24) is 0 Å². The van der Waals surface area contributed by atoms with Crippen molar-refractivity contribution in [3.05, 3.63) is 71.8 Å². The molecule has 0 aliphatic rings. The first kappa shape index (κ1) is 11.8. The van der Waals surface area contributed by atoms with Crippen LogP contribution in [0.2, 0.25) is 0 Å². The molecule has 2 rings (SSSR count). The molecule has 0 heterocycles. The summed E-state index contributed by atoms with van der Waals surface area (Å²) in [5, 5.41) is -1.04. The topological polar surface area (TPSA) is 54.4 Å². The van der Waals surface area contributed by atoms with E-state index in [1.54, 1.807) is 54.6 Å². The summed E-state index contributed by atoms with van der Waals surface area (Å²) >= 11 is 0. The average molecular weight is 247 g/mol. The van der Waals surface area contributed by atoms with E-state index in [-0.39, 0.29) is 0 Å². The van der Waals surface area contributed by atoms with Gasteiger partial charge < -0.3 is 0 Å². The standard InChI is InChI=1S/C13H11O3S/c14-17(15,16)13(11-7-3-1-4-8-11)12-9-5-2-6-10-12/h1,3-10,13H,(H,14,15,16). The van der Waals surface area contributed by atoms with Crippen molar-refractivity contribution in [2.45, 2.75) is 5.25 Å². The molecule has 0 spiro atoms. The molecule has 17 heavy (non-hydrogen) atoms. The van der Waals surface area contributed by atoms with Crippen LogP contribution in [0.4, 0.5) is 0 Å². The van der Waals surface area contributed by atoms with Crippen LogP contribution < -0.4 is 0 Å². The van der Waals surface area contributed by atoms with Gasteiger partial charge in [-0.25, -0.2) is 0 Å². The molecule has 2 aromatic rings. The third-order valence-electron chi connectivity index (χ3n) is 2.45. The Balaban J connectivity index is 2.56. The Kier molecular flexibility index (Phi) is 3.26. The first-order valence-electron chi connectivity index (χ1n) is 5.06. The maximum atomic E-state index is 11.5. The van der Waals surface area contributed by atoms with Gasteiger partial charge in [0.05, 0.1) is 0 Å². The molecule has 1 unspecified atom stereocenters. The van der Waals surface area contributed by atoms with Crippen LogP contribution in [-0.4, -0.2) is 13.0 Å². The van der Waals surface area contributed by atoms with E-state index in [1.807, 2.05) is 0 Å². The summed E-state index contributed by atoms with van der Waals surface area (Å²) in [5.74, 6) is 0. The van der Waals surface area contributed by atoms with Crippen LogP contribution >= 0.6 is 0 Å². The molecule has 87 valence electrons. The first-order chi connectivity index (χ1) is 8.09. The SMILES string of the molecule is O=S(=O)(O)C(c1cc[c]cc1)c1ccccc1. The summed E-state index contributed by atoms with van der Waals surface area (Å²) in [4.78, 5) is 0. The fourth-order valence-corrected chi connectivity index (χ4v) is 2.74. The fourth-order valence-electron chi connectivity index (χ4n) is 1.74. The number of benzene rings is 2. The van der Waals surface area contributed by atoms with Crippen LogP contribution in [0.1, 0.15) is 16.4 Å². The van der Waals surface area contributed by atoms with E-state index in [2.05, 4.69) is 6.07 Å². The first-order valence-corrected chi connectivity index (χ1v) is 6.56. The molecule has 0 saturated carbocycles. The van der Waals surface area contributed by atoms with Crippen molar-refractivity contribution in [2.24, 2.45) is 0 Å². The lowest BCUT2D eigenvalue weighted by Gasteiger charge is -2.14. The zero-order valence-electron chi connectivity index (χ0n) is 8.95. The Morgan fingerprint density at radius 2 is 1.47 bits per heavy atom. The predicted molar refractivity (Wildman–Crippen MR) is 65.1 cm³/mol. The summed E-state index contributed by atoms with van der Waals surface area (Å²) in [7, 11) is -4.18. The molecular formula is C13H11O3S. The summed E-state index contributed by atoms with van der Waals surface area (Å²) in [6.45, 7) is 0. The van der Waals surface area contributed by atoms with Gasteiger partial charge in [0.25, 0.3) is 10.1 Å². The number of hydrogen-bond donors (Lipinski definition) is 1. The van der Waals surface area contributed by atoms with Crippen LogP contribution in [0.25, 0.3) is 0 Å². The summed E-state index contributed by atoms with van der Waals surface area (Å²) in [6, 6.07) is 17.9. The quantitative estimate of drug-likeness (QED) is 0.848. The molecule has 1 N–H and O–H groups in total. The van der Waals surface area contributed by atoms with Crippen molar-refractivity contribution in [3.63, 3.8) is 0 Å². The van der Waals surface area contributed by atoms with Gasteiger partial charge in [0.2, 0.25) is 0 Å². The van der Waals surface area contributed by atoms with Crippen molar-refractivity contribution in [3.8, 4) is 0 Å². The second-order valence-corrected chi connectivity index (χ2v) is 5.14. The van der Waals surface area contributed by atoms with Gasteiger partial charge in [0.15, 0.2) is 0 Å². The largest absolute Gasteiger partial charge is 0.285 e. The smallest absolute Gasteiger partial charge is 0.276 e. The lowest BCUT2D eigenvalue weighted by atomic mass is 10.0. The van der Waals surface area contributed by atoms with Crippen LogP contribution in [-0.2, 0) is 10.1 Å². The molecule has 4 heteroatoms. The molecular weight excluding hydrogens is 236 g/mol. The third-order valence-corrected chi connectivity index (χ3v) is 3.59. The highest BCUT2D eigenvalue weighted by molar-refractivity contribution is 7.86. The maximum absolute atomic E-state index is 11.5. The highest BCUT2D eigenvalue weighted by Gasteiger charge is 2.26. The molecule has 0 aliphatic carbocycles. The zero-order valence-corrected chi connectivity index (χ0v) is 9.76. The van der Waals surface area contributed by atoms with Crippen LogP contribution in [0.15, 0.2) is 54.6 Å². The second-order valence-electron chi connectivity index (χ2n) is 3.64. The van der Waals surface area contributed by atoms with E-state index in [9.17, 15) is 13.0 Å². The van der Waals surface area contributed by atoms with Gasteiger partial charge in [-0.05, 0) is 17.2 Å². The minimum absolute atomic E-state index is 0.525. The van der Waals surface area contributed by atoms with Crippen LogP contribution in [0.3, 0.4) is 0 Å². The van der Waals surface area contributed by atoms with Crippen molar-refractivity contribution < 1.29 is 13.0 Å². The normalized spacial score (nSPS) is 11.6. The van der Waals surface area contributed by atoms with E-state index >= 15 is 0 Å². The Hall–Kier alpha value is -1.65. The van der Waals surface area contributed by atoms with Crippen molar-refractivity contribution >= 4 is 10.1 Å². The average Bonchev–Trinajstić information content (AvgIpc) is 2.30. The summed E-state index contributed by atoms with van der Waals surface area (Å²) in [5.41, 5.74) is 1.07. The third kappa shape index (κ3) is 2.72. The number of rotatable bonds is 3. The lowest BCUT2D eigenvalue weighted by Crippen LogP contribution is -2.13. The zero-order chi connectivity index (χ0) is 12.3. The minimum atomic E-state index is -4.18. The van der Waals surface area contributed by atoms with Gasteiger partial charge in [-0.3, -0.25) is 4.55 Å². The van der Waals surface area contributed by atoms with E-state index < -0.39 is 15.4 Å². The molecule has 3 nitrogen and oxygen atoms in total. The van der Waals surface area contributed by atoms with Crippen LogP contribution in [0, 0.1) is 6.07 Å². The fraction of sp³-hybridized carbons (Fsp3) is 0.0769. The van der Waals surface area contributed by atoms with Crippen molar-refractivity contribution in [2.75, 3.05) is 0 Å².